The molecule has 0 spiro atoms. The Morgan fingerprint density at radius 2 is 1.76 bits per heavy atom. The average Bonchev–Trinajstić information content (AvgIpc) is 3.28. The first-order valence-electron chi connectivity index (χ1n) is 13.1. The standard InChI is InChI=1S/C31H32F3NO3/c1-37-28-13-12-27(30(33)31(28)34)26-5-2-4-21-18-22(36)8-11-25(21)29(26)20-6-9-23(10-7-20)38-24-14-17-35(19-24)16-3-15-32/h6-13,18,24,36H,2-5,14-17,19H2,1H3/t24-/m0/s1. The van der Waals surface area contributed by atoms with E-state index in [1.54, 1.807) is 18.2 Å². The van der Waals surface area contributed by atoms with Crippen LogP contribution in [0.2, 0.25) is 0 Å². The van der Waals surface area contributed by atoms with Crippen LogP contribution in [-0.2, 0) is 6.42 Å². The van der Waals surface area contributed by atoms with Crippen molar-refractivity contribution in [2.75, 3.05) is 33.4 Å². The smallest absolute Gasteiger partial charge is 0.201 e. The van der Waals surface area contributed by atoms with Crippen LogP contribution in [0.5, 0.6) is 17.2 Å². The Kier molecular flexibility index (Phi) is 7.93. The second kappa shape index (κ2) is 11.5. The number of ether oxygens (including phenoxy) is 2. The largest absolute Gasteiger partial charge is 0.508 e. The van der Waals surface area contributed by atoms with Crippen LogP contribution in [-0.4, -0.2) is 49.5 Å². The Hall–Kier alpha value is -3.45. The molecule has 3 aromatic carbocycles. The molecule has 4 nitrogen and oxygen atoms in total. The van der Waals surface area contributed by atoms with E-state index >= 15 is 4.39 Å². The van der Waals surface area contributed by atoms with Crippen molar-refractivity contribution in [1.29, 1.82) is 0 Å². The number of allylic oxidation sites excluding steroid dienone is 1. The van der Waals surface area contributed by atoms with E-state index in [2.05, 4.69) is 4.90 Å². The predicted molar refractivity (Wildman–Crippen MR) is 142 cm³/mol. The third kappa shape index (κ3) is 5.39. The highest BCUT2D eigenvalue weighted by Crippen LogP contribution is 2.42. The molecule has 0 bridgehead atoms. The molecule has 2 aliphatic rings. The second-order valence-electron chi connectivity index (χ2n) is 9.89. The van der Waals surface area contributed by atoms with Crippen molar-refractivity contribution in [1.82, 2.24) is 4.90 Å². The molecule has 1 aliphatic heterocycles. The van der Waals surface area contributed by atoms with E-state index in [9.17, 15) is 13.9 Å². The summed E-state index contributed by atoms with van der Waals surface area (Å²) >= 11 is 0. The van der Waals surface area contributed by atoms with Crippen molar-refractivity contribution in [3.8, 4) is 17.2 Å². The Balaban J connectivity index is 1.52. The maximum Gasteiger partial charge on any atom is 0.201 e. The fourth-order valence-corrected chi connectivity index (χ4v) is 5.57. The van der Waals surface area contributed by atoms with Gasteiger partial charge in [-0.3, -0.25) is 9.29 Å². The van der Waals surface area contributed by atoms with Gasteiger partial charge in [-0.05, 0) is 96.3 Å². The van der Waals surface area contributed by atoms with Crippen molar-refractivity contribution in [2.45, 2.75) is 38.2 Å². The quantitative estimate of drug-likeness (QED) is 0.353. The van der Waals surface area contributed by atoms with Gasteiger partial charge in [0.25, 0.3) is 0 Å². The Labute approximate surface area is 221 Å². The minimum Gasteiger partial charge on any atom is -0.508 e. The average molecular weight is 524 g/mol. The number of phenolic OH excluding ortho intramolecular Hbond substituents is 1. The lowest BCUT2D eigenvalue weighted by molar-refractivity contribution is 0.198. The molecule has 3 aromatic rings. The summed E-state index contributed by atoms with van der Waals surface area (Å²) in [4.78, 5) is 2.22. The molecule has 1 N–H and O–H groups in total. The number of rotatable bonds is 8. The number of nitrogens with zero attached hydrogens (tertiary/aromatic N) is 1. The highest BCUT2D eigenvalue weighted by molar-refractivity contribution is 6.00. The molecular weight excluding hydrogens is 491 g/mol. The highest BCUT2D eigenvalue weighted by Gasteiger charge is 2.26. The first-order valence-corrected chi connectivity index (χ1v) is 13.1. The summed E-state index contributed by atoms with van der Waals surface area (Å²) in [6.45, 7) is 2.10. The summed E-state index contributed by atoms with van der Waals surface area (Å²) in [5.74, 6) is -1.17. The first-order chi connectivity index (χ1) is 18.5. The molecule has 0 aromatic heterocycles. The predicted octanol–water partition coefficient (Wildman–Crippen LogP) is 6.79. The number of hydrogen-bond donors (Lipinski definition) is 1. The van der Waals surface area contributed by atoms with E-state index in [4.69, 9.17) is 9.47 Å². The fourth-order valence-electron chi connectivity index (χ4n) is 5.57. The van der Waals surface area contributed by atoms with Gasteiger partial charge in [0.2, 0.25) is 5.82 Å². The van der Waals surface area contributed by atoms with Crippen molar-refractivity contribution in [3.63, 3.8) is 0 Å². The Bertz CT molecular complexity index is 1320. The van der Waals surface area contributed by atoms with Crippen LogP contribution in [0.3, 0.4) is 0 Å². The van der Waals surface area contributed by atoms with Gasteiger partial charge in [0.15, 0.2) is 11.6 Å². The number of benzene rings is 3. The zero-order valence-electron chi connectivity index (χ0n) is 21.5. The van der Waals surface area contributed by atoms with Crippen molar-refractivity contribution < 1.29 is 27.8 Å². The molecule has 0 saturated carbocycles. The van der Waals surface area contributed by atoms with Crippen LogP contribution in [0.4, 0.5) is 13.2 Å². The molecule has 0 amide bonds. The third-order valence-electron chi connectivity index (χ3n) is 7.41. The summed E-state index contributed by atoms with van der Waals surface area (Å²) < 4.78 is 53.8. The molecule has 0 radical (unpaired) electrons. The van der Waals surface area contributed by atoms with Gasteiger partial charge in [0, 0.05) is 25.2 Å². The van der Waals surface area contributed by atoms with Crippen molar-refractivity contribution in [2.24, 2.45) is 0 Å². The van der Waals surface area contributed by atoms with Gasteiger partial charge < -0.3 is 14.6 Å². The Morgan fingerprint density at radius 3 is 2.53 bits per heavy atom. The summed E-state index contributed by atoms with van der Waals surface area (Å²) in [7, 11) is 1.31. The van der Waals surface area contributed by atoms with E-state index in [0.717, 1.165) is 60.5 Å². The topological polar surface area (TPSA) is 41.9 Å². The number of aryl methyl sites for hydroxylation is 1. The number of hydrogen-bond acceptors (Lipinski definition) is 4. The monoisotopic (exact) mass is 523 g/mol. The number of methoxy groups -OCH3 is 1. The van der Waals surface area contributed by atoms with E-state index in [0.29, 0.717) is 24.8 Å². The third-order valence-corrected chi connectivity index (χ3v) is 7.41. The van der Waals surface area contributed by atoms with Gasteiger partial charge >= 0.3 is 0 Å². The normalized spacial score (nSPS) is 17.8. The number of halogens is 3. The van der Waals surface area contributed by atoms with Gasteiger partial charge in [-0.25, -0.2) is 4.39 Å². The maximum atomic E-state index is 15.3. The fraction of sp³-hybridized carbons (Fsp3) is 0.355. The SMILES string of the molecule is COc1ccc(C2=C(c3ccc(O[C@H]4CCN(CCCF)C4)cc3)c3ccc(O)cc3CCC2)c(F)c1F. The number of likely N-dealkylation sites (tertiary alicyclic amines) is 1. The maximum absolute atomic E-state index is 15.3. The van der Waals surface area contributed by atoms with Crippen molar-refractivity contribution in [3.05, 3.63) is 88.5 Å². The molecule has 1 saturated heterocycles. The molecule has 0 unspecified atom stereocenters. The molecule has 1 fully saturated rings. The summed E-state index contributed by atoms with van der Waals surface area (Å²) in [5, 5.41) is 10.1. The minimum atomic E-state index is -1.01. The van der Waals surface area contributed by atoms with Crippen LogP contribution < -0.4 is 9.47 Å². The van der Waals surface area contributed by atoms with E-state index in [1.807, 2.05) is 30.3 Å². The van der Waals surface area contributed by atoms with Gasteiger partial charge in [-0.1, -0.05) is 18.2 Å². The lowest BCUT2D eigenvalue weighted by Gasteiger charge is -2.19. The molecule has 1 aliphatic carbocycles. The number of phenols is 1. The van der Waals surface area contributed by atoms with Crippen molar-refractivity contribution >= 4 is 11.1 Å². The van der Waals surface area contributed by atoms with Crippen LogP contribution in [0.15, 0.2) is 54.6 Å². The van der Waals surface area contributed by atoms with Crippen LogP contribution in [0.25, 0.3) is 11.1 Å². The van der Waals surface area contributed by atoms with E-state index in [-0.39, 0.29) is 29.8 Å². The first kappa shape index (κ1) is 26.2. The second-order valence-corrected chi connectivity index (χ2v) is 9.89. The van der Waals surface area contributed by atoms with Gasteiger partial charge in [0.05, 0.1) is 13.8 Å². The van der Waals surface area contributed by atoms with Crippen LogP contribution in [0, 0.1) is 11.6 Å². The van der Waals surface area contributed by atoms with Crippen LogP contribution >= 0.6 is 0 Å². The molecule has 1 atom stereocenters. The zero-order valence-corrected chi connectivity index (χ0v) is 21.5. The number of alkyl halides is 1. The van der Waals surface area contributed by atoms with Gasteiger partial charge in [-0.2, -0.15) is 4.39 Å². The van der Waals surface area contributed by atoms with Crippen LogP contribution in [0.1, 0.15) is 47.9 Å². The lowest BCUT2D eigenvalue weighted by Crippen LogP contribution is -2.26. The molecular formula is C31H32F3NO3. The van der Waals surface area contributed by atoms with E-state index < -0.39 is 11.6 Å². The zero-order chi connectivity index (χ0) is 26.6. The summed E-state index contributed by atoms with van der Waals surface area (Å²) in [6.07, 6.45) is 3.46. The van der Waals surface area contributed by atoms with Gasteiger partial charge in [0.1, 0.15) is 17.6 Å². The lowest BCUT2D eigenvalue weighted by atomic mass is 9.87. The molecule has 38 heavy (non-hydrogen) atoms. The Morgan fingerprint density at radius 1 is 0.974 bits per heavy atom. The molecule has 1 heterocycles. The molecule has 200 valence electrons. The number of aromatic hydroxyl groups is 1. The summed E-state index contributed by atoms with van der Waals surface area (Å²) in [6, 6.07) is 15.9. The minimum absolute atomic E-state index is 0.0492. The van der Waals surface area contributed by atoms with Gasteiger partial charge in [-0.15, -0.1) is 0 Å². The molecule has 5 rings (SSSR count). The number of fused-ring (bicyclic) bond motifs is 1. The molecule has 7 heteroatoms. The highest BCUT2D eigenvalue weighted by atomic mass is 19.2. The van der Waals surface area contributed by atoms with E-state index in [1.165, 1.54) is 13.2 Å². The summed E-state index contributed by atoms with van der Waals surface area (Å²) in [5.41, 5.74) is 4.43.